The molecule has 0 spiro atoms. The van der Waals surface area contributed by atoms with E-state index in [0.29, 0.717) is 31.5 Å². The number of nitrogens with zero attached hydrogens (tertiary/aromatic N) is 1. The summed E-state index contributed by atoms with van der Waals surface area (Å²) in [6.07, 6.45) is 1.27. The lowest BCUT2D eigenvalue weighted by molar-refractivity contribution is 0.0318. The summed E-state index contributed by atoms with van der Waals surface area (Å²) in [4.78, 5) is 24.4. The van der Waals surface area contributed by atoms with Crippen molar-refractivity contribution in [1.82, 2.24) is 4.31 Å². The van der Waals surface area contributed by atoms with Gasteiger partial charge in [-0.2, -0.15) is 4.31 Å². The molecule has 1 atom stereocenters. The van der Waals surface area contributed by atoms with E-state index < -0.39 is 32.8 Å². The number of benzene rings is 2. The summed E-state index contributed by atoms with van der Waals surface area (Å²) < 4.78 is 46.4. The van der Waals surface area contributed by atoms with Gasteiger partial charge in [0.2, 0.25) is 15.8 Å². The highest BCUT2D eigenvalue weighted by Gasteiger charge is 2.30. The number of hydrogen-bond donors (Lipinski definition) is 0. The van der Waals surface area contributed by atoms with Crippen LogP contribution in [0.1, 0.15) is 52.5 Å². The van der Waals surface area contributed by atoms with Crippen molar-refractivity contribution in [3.63, 3.8) is 0 Å². The third-order valence-corrected chi connectivity index (χ3v) is 7.00. The first-order valence-corrected chi connectivity index (χ1v) is 11.3. The van der Waals surface area contributed by atoms with Crippen LogP contribution in [0, 0.1) is 12.7 Å². The summed E-state index contributed by atoms with van der Waals surface area (Å²) >= 11 is 0. The highest BCUT2D eigenvalue weighted by atomic mass is 32.2. The molecule has 8 heteroatoms. The maximum absolute atomic E-state index is 14.3. The number of halogens is 1. The Morgan fingerprint density at radius 1 is 1.00 bits per heavy atom. The molecule has 30 heavy (non-hydrogen) atoms. The molecule has 0 radical (unpaired) electrons. The van der Waals surface area contributed by atoms with Crippen LogP contribution in [0.4, 0.5) is 4.39 Å². The first kappa shape index (κ1) is 22.1. The van der Waals surface area contributed by atoms with E-state index in [0.717, 1.165) is 30.2 Å². The fourth-order valence-electron chi connectivity index (χ4n) is 3.31. The lowest BCUT2D eigenvalue weighted by atomic mass is 10.1. The number of piperidine rings is 1. The maximum Gasteiger partial charge on any atom is 0.338 e. The van der Waals surface area contributed by atoms with Gasteiger partial charge in [-0.25, -0.2) is 17.6 Å². The number of carbonyl (C=O) groups excluding carboxylic acids is 2. The van der Waals surface area contributed by atoms with Crippen molar-refractivity contribution >= 4 is 21.8 Å². The normalized spacial score (nSPS) is 16.1. The van der Waals surface area contributed by atoms with Crippen LogP contribution in [0.3, 0.4) is 0 Å². The summed E-state index contributed by atoms with van der Waals surface area (Å²) in [5.41, 5.74) is 1.26. The average Bonchev–Trinajstić information content (AvgIpc) is 2.74. The minimum atomic E-state index is -4.06. The molecular weight excluding hydrogens is 409 g/mol. The number of esters is 1. The van der Waals surface area contributed by atoms with Crippen molar-refractivity contribution in [2.75, 3.05) is 13.1 Å². The quantitative estimate of drug-likeness (QED) is 0.512. The topological polar surface area (TPSA) is 80.8 Å². The van der Waals surface area contributed by atoms with Crippen molar-refractivity contribution in [3.05, 3.63) is 65.0 Å². The van der Waals surface area contributed by atoms with Gasteiger partial charge in [0.25, 0.3) is 0 Å². The fraction of sp³-hybridized carbons (Fsp3) is 0.364. The number of aryl methyl sites for hydroxylation is 1. The van der Waals surface area contributed by atoms with Gasteiger partial charge in [0, 0.05) is 18.7 Å². The van der Waals surface area contributed by atoms with Crippen LogP contribution in [0.5, 0.6) is 0 Å². The summed E-state index contributed by atoms with van der Waals surface area (Å²) in [7, 11) is -4.06. The molecule has 1 heterocycles. The number of carbonyl (C=O) groups is 2. The third-order valence-electron chi connectivity index (χ3n) is 5.09. The van der Waals surface area contributed by atoms with Gasteiger partial charge in [0.1, 0.15) is 10.7 Å². The molecule has 2 aromatic carbocycles. The van der Waals surface area contributed by atoms with Crippen LogP contribution in [-0.4, -0.2) is 43.7 Å². The summed E-state index contributed by atoms with van der Waals surface area (Å²) in [6.45, 7) is 3.97. The number of ether oxygens (including phenoxy) is 1. The number of Topliss-reactive ketones (excluding diaryl/α,β-unsaturated/α-hetero) is 1. The Morgan fingerprint density at radius 2 is 1.60 bits per heavy atom. The Morgan fingerprint density at radius 3 is 2.23 bits per heavy atom. The van der Waals surface area contributed by atoms with Gasteiger partial charge in [0.05, 0.1) is 5.56 Å². The van der Waals surface area contributed by atoms with E-state index in [9.17, 15) is 22.4 Å². The lowest BCUT2D eigenvalue weighted by Crippen LogP contribution is -2.36. The van der Waals surface area contributed by atoms with Crippen LogP contribution < -0.4 is 0 Å². The number of hydrogen-bond acceptors (Lipinski definition) is 5. The zero-order valence-corrected chi connectivity index (χ0v) is 17.7. The SMILES string of the molecule is Cc1ccc(C(=O)C(C)OC(=O)c2ccc(F)c(S(=O)(=O)N3CCCCC3)c2)cc1. The molecule has 0 saturated carbocycles. The van der Waals surface area contributed by atoms with Gasteiger partial charge in [0.15, 0.2) is 6.10 Å². The molecule has 0 N–H and O–H groups in total. The van der Waals surface area contributed by atoms with Crippen molar-refractivity contribution in [3.8, 4) is 0 Å². The second-order valence-electron chi connectivity index (χ2n) is 7.39. The van der Waals surface area contributed by atoms with Gasteiger partial charge >= 0.3 is 5.97 Å². The molecule has 160 valence electrons. The van der Waals surface area contributed by atoms with E-state index in [1.54, 1.807) is 24.3 Å². The Labute approximate surface area is 175 Å². The first-order chi connectivity index (χ1) is 14.2. The molecular formula is C22H24FNO5S. The van der Waals surface area contributed by atoms with Crippen molar-refractivity contribution in [2.45, 2.75) is 44.1 Å². The van der Waals surface area contributed by atoms with E-state index >= 15 is 0 Å². The number of sulfonamides is 1. The van der Waals surface area contributed by atoms with Gasteiger partial charge in [-0.15, -0.1) is 0 Å². The predicted molar refractivity (Wildman–Crippen MR) is 109 cm³/mol. The van der Waals surface area contributed by atoms with Crippen molar-refractivity contribution < 1.29 is 27.1 Å². The molecule has 1 aliphatic heterocycles. The van der Waals surface area contributed by atoms with Crippen molar-refractivity contribution in [1.29, 1.82) is 0 Å². The summed E-state index contributed by atoms with van der Waals surface area (Å²) in [5, 5.41) is 0. The van der Waals surface area contributed by atoms with E-state index in [4.69, 9.17) is 4.74 Å². The molecule has 0 amide bonds. The third kappa shape index (κ3) is 4.76. The largest absolute Gasteiger partial charge is 0.451 e. The monoisotopic (exact) mass is 433 g/mol. The fourth-order valence-corrected chi connectivity index (χ4v) is 4.91. The molecule has 1 aliphatic rings. The highest BCUT2D eigenvalue weighted by Crippen LogP contribution is 2.24. The van der Waals surface area contributed by atoms with Gasteiger partial charge in [-0.05, 0) is 44.9 Å². The van der Waals surface area contributed by atoms with E-state index in [2.05, 4.69) is 0 Å². The van der Waals surface area contributed by atoms with E-state index in [1.807, 2.05) is 6.92 Å². The molecule has 1 fully saturated rings. The van der Waals surface area contributed by atoms with Gasteiger partial charge in [-0.1, -0.05) is 36.2 Å². The Hall–Kier alpha value is -2.58. The van der Waals surface area contributed by atoms with Gasteiger partial charge < -0.3 is 4.74 Å². The van der Waals surface area contributed by atoms with E-state index in [-0.39, 0.29) is 11.3 Å². The lowest BCUT2D eigenvalue weighted by Gasteiger charge is -2.26. The maximum atomic E-state index is 14.3. The minimum Gasteiger partial charge on any atom is -0.451 e. The van der Waals surface area contributed by atoms with Crippen LogP contribution in [0.2, 0.25) is 0 Å². The molecule has 2 aromatic rings. The molecule has 0 aromatic heterocycles. The molecule has 0 aliphatic carbocycles. The Kier molecular flexibility index (Phi) is 6.67. The zero-order valence-electron chi connectivity index (χ0n) is 16.9. The second-order valence-corrected chi connectivity index (χ2v) is 9.29. The zero-order chi connectivity index (χ0) is 21.9. The van der Waals surface area contributed by atoms with Gasteiger partial charge in [-0.3, -0.25) is 4.79 Å². The Balaban J connectivity index is 1.78. The molecule has 0 bridgehead atoms. The molecule has 3 rings (SSSR count). The second kappa shape index (κ2) is 9.06. The molecule has 1 saturated heterocycles. The number of rotatable bonds is 6. The van der Waals surface area contributed by atoms with Crippen molar-refractivity contribution in [2.24, 2.45) is 0 Å². The van der Waals surface area contributed by atoms with E-state index in [1.165, 1.54) is 11.2 Å². The van der Waals surface area contributed by atoms with Crippen LogP contribution in [0.25, 0.3) is 0 Å². The molecule has 1 unspecified atom stereocenters. The molecule has 6 nitrogen and oxygen atoms in total. The standard InChI is InChI=1S/C22H24FNO5S/c1-15-6-8-17(9-7-15)21(25)16(2)29-22(26)18-10-11-19(23)20(14-18)30(27,28)24-12-4-3-5-13-24/h6-11,14,16H,3-5,12-13H2,1-2H3. The minimum absolute atomic E-state index is 0.129. The highest BCUT2D eigenvalue weighted by molar-refractivity contribution is 7.89. The smallest absolute Gasteiger partial charge is 0.338 e. The average molecular weight is 434 g/mol. The summed E-state index contributed by atoms with van der Waals surface area (Å²) in [5.74, 6) is -2.20. The predicted octanol–water partition coefficient (Wildman–Crippen LogP) is 3.74. The Bertz CT molecular complexity index is 1040. The van der Waals surface area contributed by atoms with Crippen LogP contribution in [-0.2, 0) is 14.8 Å². The number of ketones is 1. The first-order valence-electron chi connectivity index (χ1n) is 9.81. The van der Waals surface area contributed by atoms with Crippen LogP contribution >= 0.6 is 0 Å². The van der Waals surface area contributed by atoms with Crippen LogP contribution in [0.15, 0.2) is 47.4 Å². The summed E-state index contributed by atoms with van der Waals surface area (Å²) in [6, 6.07) is 9.89.